The number of aromatic nitrogens is 2. The van der Waals surface area contributed by atoms with Gasteiger partial charge in [0, 0.05) is 6.20 Å². The van der Waals surface area contributed by atoms with Crippen molar-refractivity contribution in [2.24, 2.45) is 0 Å². The lowest BCUT2D eigenvalue weighted by Crippen LogP contribution is -2.09. The zero-order chi connectivity index (χ0) is 10.7. The van der Waals surface area contributed by atoms with E-state index >= 15 is 0 Å². The molecule has 0 atom stereocenters. The number of rotatable bonds is 2. The Morgan fingerprint density at radius 1 is 1.27 bits per heavy atom. The Bertz CT molecular complexity index is 520. The van der Waals surface area contributed by atoms with E-state index in [0.29, 0.717) is 11.1 Å². The summed E-state index contributed by atoms with van der Waals surface area (Å²) in [4.78, 5) is 17.9. The first-order valence-corrected chi connectivity index (χ1v) is 4.55. The SMILES string of the molecule is O=c1[nH]cncc1-c1ccccc1CO. The number of hydrogen-bond acceptors (Lipinski definition) is 3. The van der Waals surface area contributed by atoms with Gasteiger partial charge in [-0.3, -0.25) is 4.79 Å². The Morgan fingerprint density at radius 2 is 2.07 bits per heavy atom. The van der Waals surface area contributed by atoms with E-state index in [1.807, 2.05) is 12.1 Å². The Labute approximate surface area is 86.2 Å². The van der Waals surface area contributed by atoms with Crippen molar-refractivity contribution in [2.75, 3.05) is 0 Å². The third-order valence-corrected chi connectivity index (χ3v) is 2.20. The fourth-order valence-electron chi connectivity index (χ4n) is 1.46. The maximum absolute atomic E-state index is 11.5. The van der Waals surface area contributed by atoms with Crippen molar-refractivity contribution in [3.63, 3.8) is 0 Å². The summed E-state index contributed by atoms with van der Waals surface area (Å²) in [7, 11) is 0. The van der Waals surface area contributed by atoms with Gasteiger partial charge in [0.05, 0.1) is 18.5 Å². The van der Waals surface area contributed by atoms with Crippen molar-refractivity contribution >= 4 is 0 Å². The van der Waals surface area contributed by atoms with Gasteiger partial charge in [-0.05, 0) is 11.1 Å². The minimum atomic E-state index is -0.203. The fraction of sp³-hybridized carbons (Fsp3) is 0.0909. The summed E-state index contributed by atoms with van der Waals surface area (Å²) < 4.78 is 0. The van der Waals surface area contributed by atoms with E-state index in [1.165, 1.54) is 12.5 Å². The molecule has 2 aromatic rings. The molecule has 0 aliphatic carbocycles. The minimum absolute atomic E-state index is 0.0928. The molecule has 0 fully saturated rings. The number of benzene rings is 1. The van der Waals surface area contributed by atoms with Gasteiger partial charge >= 0.3 is 0 Å². The Morgan fingerprint density at radius 3 is 2.80 bits per heavy atom. The van der Waals surface area contributed by atoms with Crippen LogP contribution in [0.25, 0.3) is 11.1 Å². The third-order valence-electron chi connectivity index (χ3n) is 2.20. The van der Waals surface area contributed by atoms with Crippen LogP contribution in [0.3, 0.4) is 0 Å². The smallest absolute Gasteiger partial charge is 0.258 e. The summed E-state index contributed by atoms with van der Waals surface area (Å²) in [5, 5.41) is 9.14. The maximum Gasteiger partial charge on any atom is 0.258 e. The first-order chi connectivity index (χ1) is 7.33. The number of aromatic amines is 1. The molecule has 76 valence electrons. The van der Waals surface area contributed by atoms with E-state index in [4.69, 9.17) is 5.11 Å². The van der Waals surface area contributed by atoms with Crippen LogP contribution in [0.2, 0.25) is 0 Å². The van der Waals surface area contributed by atoms with E-state index in [1.54, 1.807) is 12.1 Å². The molecule has 2 rings (SSSR count). The van der Waals surface area contributed by atoms with Gasteiger partial charge in [0.2, 0.25) is 0 Å². The van der Waals surface area contributed by atoms with Gasteiger partial charge in [-0.25, -0.2) is 4.98 Å². The fourth-order valence-corrected chi connectivity index (χ4v) is 1.46. The van der Waals surface area contributed by atoms with Crippen LogP contribution in [0, 0.1) is 0 Å². The summed E-state index contributed by atoms with van der Waals surface area (Å²) in [6.45, 7) is -0.0928. The monoisotopic (exact) mass is 202 g/mol. The van der Waals surface area contributed by atoms with Gasteiger partial charge in [0.25, 0.3) is 5.56 Å². The van der Waals surface area contributed by atoms with Crippen LogP contribution in [0.5, 0.6) is 0 Å². The van der Waals surface area contributed by atoms with Crippen LogP contribution in [-0.2, 0) is 6.61 Å². The highest BCUT2D eigenvalue weighted by Crippen LogP contribution is 2.19. The van der Waals surface area contributed by atoms with Crippen LogP contribution in [-0.4, -0.2) is 15.1 Å². The summed E-state index contributed by atoms with van der Waals surface area (Å²) in [6.07, 6.45) is 2.83. The molecule has 0 radical (unpaired) electrons. The molecule has 2 N–H and O–H groups in total. The Hall–Kier alpha value is -1.94. The average molecular weight is 202 g/mol. The summed E-state index contributed by atoms with van der Waals surface area (Å²) in [5.41, 5.74) is 1.71. The van der Waals surface area contributed by atoms with Crippen molar-refractivity contribution in [1.82, 2.24) is 9.97 Å². The third kappa shape index (κ3) is 1.80. The molecule has 0 amide bonds. The van der Waals surface area contributed by atoms with E-state index in [-0.39, 0.29) is 12.2 Å². The quantitative estimate of drug-likeness (QED) is 0.761. The molecule has 0 aliphatic heterocycles. The predicted octanol–water partition coefficient (Wildman–Crippen LogP) is 0.929. The van der Waals surface area contributed by atoms with Crippen LogP contribution in [0.1, 0.15) is 5.56 Å². The van der Waals surface area contributed by atoms with Crippen molar-refractivity contribution < 1.29 is 5.11 Å². The van der Waals surface area contributed by atoms with Crippen LogP contribution in [0.4, 0.5) is 0 Å². The molecule has 0 unspecified atom stereocenters. The second-order valence-electron chi connectivity index (χ2n) is 3.11. The zero-order valence-electron chi connectivity index (χ0n) is 7.97. The molecule has 15 heavy (non-hydrogen) atoms. The summed E-state index contributed by atoms with van der Waals surface area (Å²) >= 11 is 0. The maximum atomic E-state index is 11.5. The molecule has 0 aliphatic rings. The lowest BCUT2D eigenvalue weighted by atomic mass is 10.0. The first-order valence-electron chi connectivity index (χ1n) is 4.55. The molecule has 0 saturated heterocycles. The zero-order valence-corrected chi connectivity index (χ0v) is 7.97. The minimum Gasteiger partial charge on any atom is -0.392 e. The highest BCUT2D eigenvalue weighted by atomic mass is 16.3. The molecular formula is C11H10N2O2. The van der Waals surface area contributed by atoms with Gasteiger partial charge in [-0.15, -0.1) is 0 Å². The van der Waals surface area contributed by atoms with Crippen LogP contribution < -0.4 is 5.56 Å². The van der Waals surface area contributed by atoms with Gasteiger partial charge < -0.3 is 10.1 Å². The molecule has 1 aromatic heterocycles. The van der Waals surface area contributed by atoms with Crippen molar-refractivity contribution in [2.45, 2.75) is 6.61 Å². The lowest BCUT2D eigenvalue weighted by molar-refractivity contribution is 0.282. The molecule has 1 heterocycles. The van der Waals surface area contributed by atoms with Crippen molar-refractivity contribution in [3.8, 4) is 11.1 Å². The average Bonchev–Trinajstić information content (AvgIpc) is 2.30. The number of hydrogen-bond donors (Lipinski definition) is 2. The molecular weight excluding hydrogens is 192 g/mol. The van der Waals surface area contributed by atoms with Gasteiger partial charge in [0.15, 0.2) is 0 Å². The van der Waals surface area contributed by atoms with E-state index in [9.17, 15) is 4.79 Å². The number of aliphatic hydroxyl groups excluding tert-OH is 1. The number of H-pyrrole nitrogens is 1. The highest BCUT2D eigenvalue weighted by molar-refractivity contribution is 5.65. The largest absolute Gasteiger partial charge is 0.392 e. The second-order valence-corrected chi connectivity index (χ2v) is 3.11. The van der Waals surface area contributed by atoms with Crippen LogP contribution in [0.15, 0.2) is 41.6 Å². The second kappa shape index (κ2) is 4.06. The molecule has 1 aromatic carbocycles. The molecule has 0 bridgehead atoms. The van der Waals surface area contributed by atoms with Gasteiger partial charge in [-0.1, -0.05) is 24.3 Å². The lowest BCUT2D eigenvalue weighted by Gasteiger charge is -2.04. The standard InChI is InChI=1S/C11H10N2O2/c14-6-8-3-1-2-4-9(8)10-5-12-7-13-11(10)15/h1-5,7,14H,6H2,(H,12,13,15). The summed E-state index contributed by atoms with van der Waals surface area (Å²) in [6, 6.07) is 7.21. The molecule has 4 nitrogen and oxygen atoms in total. The Kier molecular flexibility index (Phi) is 2.60. The van der Waals surface area contributed by atoms with Crippen molar-refractivity contribution in [3.05, 3.63) is 52.7 Å². The number of nitrogens with one attached hydrogen (secondary N) is 1. The van der Waals surface area contributed by atoms with E-state index < -0.39 is 0 Å². The Balaban J connectivity index is 2.64. The normalized spacial score (nSPS) is 10.2. The number of aliphatic hydroxyl groups is 1. The highest BCUT2D eigenvalue weighted by Gasteiger charge is 2.06. The number of nitrogens with zero attached hydrogens (tertiary/aromatic N) is 1. The van der Waals surface area contributed by atoms with E-state index in [2.05, 4.69) is 9.97 Å². The molecule has 4 heteroatoms. The van der Waals surface area contributed by atoms with Gasteiger partial charge in [-0.2, -0.15) is 0 Å². The van der Waals surface area contributed by atoms with E-state index in [0.717, 1.165) is 5.56 Å². The predicted molar refractivity (Wildman–Crippen MR) is 56.2 cm³/mol. The molecule has 0 spiro atoms. The van der Waals surface area contributed by atoms with Crippen molar-refractivity contribution in [1.29, 1.82) is 0 Å². The van der Waals surface area contributed by atoms with Gasteiger partial charge in [0.1, 0.15) is 0 Å². The summed E-state index contributed by atoms with van der Waals surface area (Å²) in [5.74, 6) is 0. The molecule has 0 saturated carbocycles. The first kappa shape index (κ1) is 9.61. The topological polar surface area (TPSA) is 66.0 Å². The van der Waals surface area contributed by atoms with Crippen LogP contribution >= 0.6 is 0 Å².